The van der Waals surface area contributed by atoms with Crippen LogP contribution in [-0.4, -0.2) is 5.78 Å². The lowest BCUT2D eigenvalue weighted by Gasteiger charge is -1.98. The second-order valence-electron chi connectivity index (χ2n) is 4.39. The van der Waals surface area contributed by atoms with Crippen molar-refractivity contribution >= 4 is 32.7 Å². The predicted octanol–water partition coefficient (Wildman–Crippen LogP) is 4.73. The molecule has 0 fully saturated rings. The van der Waals surface area contributed by atoms with E-state index in [1.165, 1.54) is 0 Å². The number of hydrogen-bond acceptors (Lipinski definition) is 2. The van der Waals surface area contributed by atoms with E-state index in [0.29, 0.717) is 11.3 Å². The molecule has 0 aliphatic carbocycles. The van der Waals surface area contributed by atoms with Crippen LogP contribution in [0.1, 0.15) is 21.7 Å². The second kappa shape index (κ2) is 4.67. The van der Waals surface area contributed by atoms with Gasteiger partial charge in [0, 0.05) is 21.0 Å². The van der Waals surface area contributed by atoms with Gasteiger partial charge in [-0.1, -0.05) is 46.3 Å². The quantitative estimate of drug-likeness (QED) is 0.640. The average molecular weight is 315 g/mol. The highest BCUT2D eigenvalue weighted by Gasteiger charge is 2.18. The molecule has 0 aliphatic rings. The predicted molar refractivity (Wildman–Crippen MR) is 78.5 cm³/mol. The van der Waals surface area contributed by atoms with Crippen LogP contribution in [0.2, 0.25) is 0 Å². The van der Waals surface area contributed by atoms with Crippen LogP contribution in [0, 0.1) is 6.92 Å². The SMILES string of the molecule is Cc1c(C(=O)c2ccccc2)oc2ccc(Br)cc12. The van der Waals surface area contributed by atoms with Crippen molar-refractivity contribution in [2.45, 2.75) is 6.92 Å². The van der Waals surface area contributed by atoms with Gasteiger partial charge >= 0.3 is 0 Å². The van der Waals surface area contributed by atoms with Crippen molar-refractivity contribution in [2.75, 3.05) is 0 Å². The van der Waals surface area contributed by atoms with Crippen molar-refractivity contribution < 1.29 is 9.21 Å². The fourth-order valence-electron chi connectivity index (χ4n) is 2.13. The molecule has 0 N–H and O–H groups in total. The highest BCUT2D eigenvalue weighted by molar-refractivity contribution is 9.10. The number of aryl methyl sites for hydroxylation is 1. The fourth-order valence-corrected chi connectivity index (χ4v) is 2.49. The molecule has 0 amide bonds. The van der Waals surface area contributed by atoms with Crippen LogP contribution in [0.25, 0.3) is 11.0 Å². The van der Waals surface area contributed by atoms with Gasteiger partial charge in [-0.2, -0.15) is 0 Å². The van der Waals surface area contributed by atoms with E-state index in [9.17, 15) is 4.79 Å². The Labute approximate surface area is 119 Å². The van der Waals surface area contributed by atoms with E-state index < -0.39 is 0 Å². The number of carbonyl (C=O) groups is 1. The van der Waals surface area contributed by atoms with Crippen LogP contribution in [0.4, 0.5) is 0 Å². The summed E-state index contributed by atoms with van der Waals surface area (Å²) in [5.41, 5.74) is 2.26. The molecule has 94 valence electrons. The first-order valence-electron chi connectivity index (χ1n) is 5.95. The maximum Gasteiger partial charge on any atom is 0.228 e. The number of rotatable bonds is 2. The summed E-state index contributed by atoms with van der Waals surface area (Å²) in [4.78, 5) is 12.4. The van der Waals surface area contributed by atoms with Crippen molar-refractivity contribution in [3.8, 4) is 0 Å². The van der Waals surface area contributed by atoms with Crippen LogP contribution in [0.5, 0.6) is 0 Å². The summed E-state index contributed by atoms with van der Waals surface area (Å²) in [5, 5.41) is 0.966. The minimum absolute atomic E-state index is 0.0783. The van der Waals surface area contributed by atoms with E-state index in [1.54, 1.807) is 12.1 Å². The Hall–Kier alpha value is -1.87. The van der Waals surface area contributed by atoms with E-state index in [0.717, 1.165) is 21.0 Å². The molecule has 0 unspecified atom stereocenters. The molecule has 2 nitrogen and oxygen atoms in total. The molecule has 3 heteroatoms. The Bertz CT molecular complexity index is 757. The average Bonchev–Trinajstić information content (AvgIpc) is 2.76. The van der Waals surface area contributed by atoms with E-state index in [2.05, 4.69) is 15.9 Å². The summed E-state index contributed by atoms with van der Waals surface area (Å²) < 4.78 is 6.67. The molecule has 3 rings (SSSR count). The largest absolute Gasteiger partial charge is 0.452 e. The molecule has 0 saturated heterocycles. The van der Waals surface area contributed by atoms with Gasteiger partial charge in [0.2, 0.25) is 5.78 Å². The number of ketones is 1. The highest BCUT2D eigenvalue weighted by atomic mass is 79.9. The summed E-state index contributed by atoms with van der Waals surface area (Å²) in [7, 11) is 0. The molecule has 0 bridgehead atoms. The van der Waals surface area contributed by atoms with Crippen molar-refractivity contribution in [3.05, 3.63) is 69.9 Å². The van der Waals surface area contributed by atoms with Crippen molar-refractivity contribution in [3.63, 3.8) is 0 Å². The molecule has 0 radical (unpaired) electrons. The number of halogens is 1. The topological polar surface area (TPSA) is 30.2 Å². The number of furan rings is 1. The standard InChI is InChI=1S/C16H11BrO2/c1-10-13-9-12(17)7-8-14(13)19-16(10)15(18)11-5-3-2-4-6-11/h2-9H,1H3. The number of fused-ring (bicyclic) bond motifs is 1. The molecule has 0 saturated carbocycles. The smallest absolute Gasteiger partial charge is 0.228 e. The second-order valence-corrected chi connectivity index (χ2v) is 5.31. The van der Waals surface area contributed by atoms with E-state index in [4.69, 9.17) is 4.42 Å². The van der Waals surface area contributed by atoms with E-state index in [1.807, 2.05) is 43.3 Å². The van der Waals surface area contributed by atoms with Gasteiger partial charge < -0.3 is 4.42 Å². The summed E-state index contributed by atoms with van der Waals surface area (Å²) in [6.45, 7) is 1.91. The van der Waals surface area contributed by atoms with Crippen molar-refractivity contribution in [1.29, 1.82) is 0 Å². The van der Waals surface area contributed by atoms with Crippen molar-refractivity contribution in [2.24, 2.45) is 0 Å². The van der Waals surface area contributed by atoms with Gasteiger partial charge in [-0.05, 0) is 25.1 Å². The number of carbonyl (C=O) groups excluding carboxylic acids is 1. The normalized spacial score (nSPS) is 10.8. The Morgan fingerprint density at radius 2 is 1.84 bits per heavy atom. The maximum absolute atomic E-state index is 12.4. The Morgan fingerprint density at radius 3 is 2.58 bits per heavy atom. The first kappa shape index (κ1) is 12.2. The van der Waals surface area contributed by atoms with E-state index in [-0.39, 0.29) is 5.78 Å². The third-order valence-electron chi connectivity index (χ3n) is 3.14. The molecule has 0 aliphatic heterocycles. The Morgan fingerprint density at radius 1 is 1.11 bits per heavy atom. The molecule has 1 heterocycles. The Balaban J connectivity index is 2.16. The first-order valence-corrected chi connectivity index (χ1v) is 6.74. The molecule has 2 aromatic carbocycles. The zero-order chi connectivity index (χ0) is 13.4. The minimum Gasteiger partial charge on any atom is -0.452 e. The lowest BCUT2D eigenvalue weighted by atomic mass is 10.1. The lowest BCUT2D eigenvalue weighted by molar-refractivity contribution is 0.101. The summed E-state index contributed by atoms with van der Waals surface area (Å²) in [6, 6.07) is 14.9. The van der Waals surface area contributed by atoms with Gasteiger partial charge in [0.25, 0.3) is 0 Å². The summed E-state index contributed by atoms with van der Waals surface area (Å²) in [6.07, 6.45) is 0. The molecular weight excluding hydrogens is 304 g/mol. The molecular formula is C16H11BrO2. The van der Waals surface area contributed by atoms with Crippen molar-refractivity contribution in [1.82, 2.24) is 0 Å². The van der Waals surface area contributed by atoms with E-state index >= 15 is 0 Å². The zero-order valence-corrected chi connectivity index (χ0v) is 11.9. The molecule has 1 aromatic heterocycles. The van der Waals surface area contributed by atoms with Crippen LogP contribution in [-0.2, 0) is 0 Å². The van der Waals surface area contributed by atoms with Crippen LogP contribution in [0.3, 0.4) is 0 Å². The Kier molecular flexibility index (Phi) is 2.99. The molecule has 19 heavy (non-hydrogen) atoms. The monoisotopic (exact) mass is 314 g/mol. The third kappa shape index (κ3) is 2.10. The summed E-state index contributed by atoms with van der Waals surface area (Å²) >= 11 is 3.43. The number of benzene rings is 2. The minimum atomic E-state index is -0.0783. The van der Waals surface area contributed by atoms with Gasteiger partial charge in [0.15, 0.2) is 5.76 Å². The third-order valence-corrected chi connectivity index (χ3v) is 3.63. The van der Waals surface area contributed by atoms with Crippen LogP contribution in [0.15, 0.2) is 57.4 Å². The van der Waals surface area contributed by atoms with Gasteiger partial charge in [-0.25, -0.2) is 0 Å². The fraction of sp³-hybridized carbons (Fsp3) is 0.0625. The van der Waals surface area contributed by atoms with Gasteiger partial charge in [-0.3, -0.25) is 4.79 Å². The molecule has 0 spiro atoms. The highest BCUT2D eigenvalue weighted by Crippen LogP contribution is 2.29. The molecule has 0 atom stereocenters. The van der Waals surface area contributed by atoms with Gasteiger partial charge in [-0.15, -0.1) is 0 Å². The van der Waals surface area contributed by atoms with Gasteiger partial charge in [0.1, 0.15) is 5.58 Å². The summed E-state index contributed by atoms with van der Waals surface area (Å²) in [5.74, 6) is 0.338. The lowest BCUT2D eigenvalue weighted by Crippen LogP contribution is -2.00. The van der Waals surface area contributed by atoms with Gasteiger partial charge in [0.05, 0.1) is 0 Å². The number of hydrogen-bond donors (Lipinski definition) is 0. The van der Waals surface area contributed by atoms with Crippen LogP contribution < -0.4 is 0 Å². The van der Waals surface area contributed by atoms with Crippen LogP contribution >= 0.6 is 15.9 Å². The zero-order valence-electron chi connectivity index (χ0n) is 10.3. The maximum atomic E-state index is 12.4. The first-order chi connectivity index (χ1) is 9.16. The molecule has 3 aromatic rings.